The lowest BCUT2D eigenvalue weighted by molar-refractivity contribution is -0.181. The van der Waals surface area contributed by atoms with Crippen molar-refractivity contribution in [3.05, 3.63) is 11.1 Å². The van der Waals surface area contributed by atoms with Crippen LogP contribution in [0.1, 0.15) is 60.8 Å². The van der Waals surface area contributed by atoms with E-state index in [2.05, 4.69) is 20.8 Å². The highest BCUT2D eigenvalue weighted by atomic mass is 16.7. The molecule has 5 atom stereocenters. The fourth-order valence-electron chi connectivity index (χ4n) is 3.78. The Morgan fingerprint density at radius 3 is 2.43 bits per heavy atom. The van der Waals surface area contributed by atoms with Gasteiger partial charge >= 0.3 is 5.97 Å². The van der Waals surface area contributed by atoms with E-state index < -0.39 is 18.4 Å². The molecule has 0 aromatic carbocycles. The highest BCUT2D eigenvalue weighted by molar-refractivity contribution is 5.93. The summed E-state index contributed by atoms with van der Waals surface area (Å²) >= 11 is 0. The number of carbonyl (C=O) groups is 1. The Bertz CT molecular complexity index is 466. The maximum Gasteiger partial charge on any atom is 0.339 e. The fraction of sp³-hybridized carbons (Fsp3) is 0.842. The summed E-state index contributed by atoms with van der Waals surface area (Å²) in [6, 6.07) is 0. The molecule has 0 radical (unpaired) electrons. The summed E-state index contributed by atoms with van der Waals surface area (Å²) in [5, 5.41) is 10.3. The number of aliphatic hydroxyl groups excluding tert-OH is 1. The normalized spacial score (nSPS) is 33.5. The van der Waals surface area contributed by atoms with Crippen molar-refractivity contribution >= 4 is 5.97 Å². The van der Waals surface area contributed by atoms with E-state index in [0.29, 0.717) is 23.3 Å². The first kappa shape index (κ1) is 18.5. The molecule has 1 heterocycles. The monoisotopic (exact) mass is 324 g/mol. The number of cyclic esters (lactones) is 1. The van der Waals surface area contributed by atoms with Crippen molar-refractivity contribution in [1.82, 2.24) is 0 Å². The molecule has 2 rings (SSSR count). The molecule has 0 spiro atoms. The van der Waals surface area contributed by atoms with Crippen LogP contribution in [-0.2, 0) is 14.3 Å². The molecule has 1 saturated carbocycles. The molecule has 4 nitrogen and oxygen atoms in total. The number of ether oxygens (including phenoxy) is 2. The first-order chi connectivity index (χ1) is 10.7. The van der Waals surface area contributed by atoms with Crippen molar-refractivity contribution in [3.63, 3.8) is 0 Å². The zero-order chi connectivity index (χ0) is 17.3. The number of rotatable bonds is 5. The van der Waals surface area contributed by atoms with Crippen molar-refractivity contribution in [1.29, 1.82) is 0 Å². The standard InChI is InChI=1S/C19H32O4/c1-10(2)14-8-7-12(5)9-15(14)22-19-13(6)16(18(21)23-19)17(20)11(3)4/h10-12,14-15,17,19-20H,7-9H2,1-6H3/t12-,14+,15-,17+,19-/m1/s1. The minimum absolute atomic E-state index is 0.0237. The molecule has 0 aromatic heterocycles. The van der Waals surface area contributed by atoms with Gasteiger partial charge in [-0.2, -0.15) is 0 Å². The molecule has 0 aromatic rings. The van der Waals surface area contributed by atoms with Gasteiger partial charge in [0.05, 0.1) is 17.8 Å². The molecule has 1 N–H and O–H groups in total. The zero-order valence-electron chi connectivity index (χ0n) is 15.3. The van der Waals surface area contributed by atoms with Crippen molar-refractivity contribution in [2.24, 2.45) is 23.7 Å². The third kappa shape index (κ3) is 3.97. The molecule has 1 fully saturated rings. The van der Waals surface area contributed by atoms with Crippen LogP contribution in [0.4, 0.5) is 0 Å². The van der Waals surface area contributed by atoms with E-state index in [1.54, 1.807) is 0 Å². The number of aliphatic hydroxyl groups is 1. The Balaban J connectivity index is 2.14. The Hall–Kier alpha value is -0.870. The molecule has 0 bridgehead atoms. The second kappa shape index (κ2) is 7.35. The maximum absolute atomic E-state index is 12.1. The summed E-state index contributed by atoms with van der Waals surface area (Å²) in [5.74, 6) is 1.23. The smallest absolute Gasteiger partial charge is 0.339 e. The van der Waals surface area contributed by atoms with Gasteiger partial charge in [0.2, 0.25) is 6.29 Å². The molecular formula is C19H32O4. The Morgan fingerprint density at radius 2 is 1.87 bits per heavy atom. The molecule has 1 aliphatic carbocycles. The largest absolute Gasteiger partial charge is 0.428 e. The van der Waals surface area contributed by atoms with Gasteiger partial charge in [0.1, 0.15) is 0 Å². The van der Waals surface area contributed by atoms with Gasteiger partial charge in [-0.15, -0.1) is 0 Å². The highest BCUT2D eigenvalue weighted by Crippen LogP contribution is 2.38. The third-order valence-electron chi connectivity index (χ3n) is 5.40. The summed E-state index contributed by atoms with van der Waals surface area (Å²) in [4.78, 5) is 12.1. The van der Waals surface area contributed by atoms with Crippen LogP contribution in [0.2, 0.25) is 0 Å². The second-order valence-electron chi connectivity index (χ2n) is 8.02. The summed E-state index contributed by atoms with van der Waals surface area (Å²) in [6.45, 7) is 12.3. The average molecular weight is 324 g/mol. The second-order valence-corrected chi connectivity index (χ2v) is 8.02. The van der Waals surface area contributed by atoms with Gasteiger partial charge in [0.15, 0.2) is 0 Å². The quantitative estimate of drug-likeness (QED) is 0.784. The van der Waals surface area contributed by atoms with E-state index in [9.17, 15) is 9.90 Å². The molecule has 2 aliphatic rings. The van der Waals surface area contributed by atoms with Crippen molar-refractivity contribution < 1.29 is 19.4 Å². The summed E-state index contributed by atoms with van der Waals surface area (Å²) < 4.78 is 11.7. The first-order valence-electron chi connectivity index (χ1n) is 8.97. The lowest BCUT2D eigenvalue weighted by atomic mass is 9.75. The molecule has 4 heteroatoms. The molecule has 132 valence electrons. The zero-order valence-corrected chi connectivity index (χ0v) is 15.3. The highest BCUT2D eigenvalue weighted by Gasteiger charge is 2.40. The van der Waals surface area contributed by atoms with Crippen LogP contribution in [0, 0.1) is 23.7 Å². The molecule has 0 unspecified atom stereocenters. The van der Waals surface area contributed by atoms with Gasteiger partial charge in [0, 0.05) is 5.57 Å². The van der Waals surface area contributed by atoms with Crippen LogP contribution in [0.3, 0.4) is 0 Å². The van der Waals surface area contributed by atoms with Crippen LogP contribution in [0.25, 0.3) is 0 Å². The SMILES string of the molecule is CC1=C([C@@H](O)C(C)C)C(=O)O[C@H]1O[C@@H]1C[C@H](C)CC[C@H]1C(C)C. The molecule has 0 amide bonds. The summed E-state index contributed by atoms with van der Waals surface area (Å²) in [5.41, 5.74) is 1.12. The minimum atomic E-state index is -0.790. The van der Waals surface area contributed by atoms with Gasteiger partial charge in [-0.1, -0.05) is 41.0 Å². The summed E-state index contributed by atoms with van der Waals surface area (Å²) in [7, 11) is 0. The molecule has 23 heavy (non-hydrogen) atoms. The molecule has 1 aliphatic heterocycles. The Labute approximate surface area is 140 Å². The van der Waals surface area contributed by atoms with E-state index >= 15 is 0 Å². The number of carbonyl (C=O) groups excluding carboxylic acids is 1. The Morgan fingerprint density at radius 1 is 1.22 bits per heavy atom. The Kier molecular flexibility index (Phi) is 5.90. The van der Waals surface area contributed by atoms with Crippen LogP contribution in [-0.4, -0.2) is 29.6 Å². The van der Waals surface area contributed by atoms with Crippen molar-refractivity contribution in [2.75, 3.05) is 0 Å². The van der Waals surface area contributed by atoms with E-state index in [0.717, 1.165) is 18.4 Å². The van der Waals surface area contributed by atoms with Crippen LogP contribution in [0.15, 0.2) is 11.1 Å². The lowest BCUT2D eigenvalue weighted by Crippen LogP contribution is -2.37. The summed E-state index contributed by atoms with van der Waals surface area (Å²) in [6.07, 6.45) is 2.09. The van der Waals surface area contributed by atoms with Gasteiger partial charge in [-0.3, -0.25) is 0 Å². The fourth-order valence-corrected chi connectivity index (χ4v) is 3.78. The van der Waals surface area contributed by atoms with E-state index in [1.807, 2.05) is 20.8 Å². The van der Waals surface area contributed by atoms with E-state index in [-0.39, 0.29) is 12.0 Å². The topological polar surface area (TPSA) is 55.8 Å². The van der Waals surface area contributed by atoms with Crippen molar-refractivity contribution in [3.8, 4) is 0 Å². The number of hydrogen-bond donors (Lipinski definition) is 1. The minimum Gasteiger partial charge on any atom is -0.428 e. The lowest BCUT2D eigenvalue weighted by Gasteiger charge is -2.38. The van der Waals surface area contributed by atoms with Crippen LogP contribution < -0.4 is 0 Å². The molecule has 0 saturated heterocycles. The van der Waals surface area contributed by atoms with Crippen LogP contribution in [0.5, 0.6) is 0 Å². The van der Waals surface area contributed by atoms with Crippen molar-refractivity contribution in [2.45, 2.75) is 79.3 Å². The predicted octanol–water partition coefficient (Wildman–Crippen LogP) is 3.68. The first-order valence-corrected chi connectivity index (χ1v) is 8.97. The maximum atomic E-state index is 12.1. The number of esters is 1. The van der Waals surface area contributed by atoms with Gasteiger partial charge < -0.3 is 14.6 Å². The molecular weight excluding hydrogens is 292 g/mol. The number of hydrogen-bond acceptors (Lipinski definition) is 4. The van der Waals surface area contributed by atoms with Gasteiger partial charge in [0.25, 0.3) is 0 Å². The van der Waals surface area contributed by atoms with Gasteiger partial charge in [-0.25, -0.2) is 4.79 Å². The van der Waals surface area contributed by atoms with E-state index in [4.69, 9.17) is 9.47 Å². The average Bonchev–Trinajstić information content (AvgIpc) is 2.72. The van der Waals surface area contributed by atoms with Crippen LogP contribution >= 0.6 is 0 Å². The van der Waals surface area contributed by atoms with E-state index in [1.165, 1.54) is 6.42 Å². The van der Waals surface area contributed by atoms with Gasteiger partial charge in [-0.05, 0) is 43.4 Å². The third-order valence-corrected chi connectivity index (χ3v) is 5.40. The predicted molar refractivity (Wildman–Crippen MR) is 89.6 cm³/mol.